The molecule has 1 aromatic rings. The second-order valence-electron chi connectivity index (χ2n) is 6.42. The van der Waals surface area contributed by atoms with Gasteiger partial charge >= 0.3 is 6.03 Å². The Kier molecular flexibility index (Phi) is 3.45. The first-order chi connectivity index (χ1) is 10.0. The molecule has 1 aliphatic heterocycles. The van der Waals surface area contributed by atoms with Gasteiger partial charge < -0.3 is 10.2 Å². The van der Waals surface area contributed by atoms with Gasteiger partial charge in [-0.1, -0.05) is 30.3 Å². The van der Waals surface area contributed by atoms with Crippen molar-refractivity contribution in [3.63, 3.8) is 0 Å². The van der Waals surface area contributed by atoms with E-state index in [0.717, 1.165) is 24.3 Å². The van der Waals surface area contributed by atoms with Gasteiger partial charge in [0.2, 0.25) is 0 Å². The van der Waals surface area contributed by atoms with Gasteiger partial charge in [-0.2, -0.15) is 0 Å². The molecule has 5 nitrogen and oxygen atoms in total. The predicted molar refractivity (Wildman–Crippen MR) is 78.4 cm³/mol. The van der Waals surface area contributed by atoms with Crippen molar-refractivity contribution in [1.82, 2.24) is 10.2 Å². The SMILES string of the molecule is C[NH+](Cc1ccccc1)CN1C(=O)N[C@@](C)(C2CC2)C1=O. The van der Waals surface area contributed by atoms with Crippen molar-refractivity contribution in [1.29, 1.82) is 0 Å². The Hall–Kier alpha value is -1.88. The smallest absolute Gasteiger partial charge is 0.323 e. The van der Waals surface area contributed by atoms with E-state index in [-0.39, 0.29) is 11.9 Å². The lowest BCUT2D eigenvalue weighted by Gasteiger charge is -2.22. The van der Waals surface area contributed by atoms with Crippen molar-refractivity contribution >= 4 is 11.9 Å². The highest BCUT2D eigenvalue weighted by Crippen LogP contribution is 2.42. The lowest BCUT2D eigenvalue weighted by molar-refractivity contribution is -0.901. The first kappa shape index (κ1) is 14.1. The maximum atomic E-state index is 12.5. The van der Waals surface area contributed by atoms with Crippen LogP contribution in [0.4, 0.5) is 4.79 Å². The number of rotatable bonds is 5. The van der Waals surface area contributed by atoms with Crippen molar-refractivity contribution in [2.45, 2.75) is 31.8 Å². The van der Waals surface area contributed by atoms with E-state index >= 15 is 0 Å². The van der Waals surface area contributed by atoms with E-state index in [1.807, 2.05) is 32.2 Å². The molecular weight excluding hydrogens is 266 g/mol. The lowest BCUT2D eigenvalue weighted by Crippen LogP contribution is -3.09. The monoisotopic (exact) mass is 288 g/mol. The molecule has 3 amide bonds. The summed E-state index contributed by atoms with van der Waals surface area (Å²) < 4.78 is 0. The normalized spacial score (nSPS) is 26.9. The number of carbonyl (C=O) groups is 2. The minimum atomic E-state index is -0.676. The molecule has 0 spiro atoms. The largest absolute Gasteiger partial charge is 0.329 e. The van der Waals surface area contributed by atoms with Crippen molar-refractivity contribution in [2.75, 3.05) is 13.7 Å². The van der Waals surface area contributed by atoms with Crippen LogP contribution in [0.1, 0.15) is 25.3 Å². The van der Waals surface area contributed by atoms with Crippen LogP contribution in [0, 0.1) is 5.92 Å². The van der Waals surface area contributed by atoms with Crippen molar-refractivity contribution in [2.24, 2.45) is 5.92 Å². The number of amides is 3. The Morgan fingerprint density at radius 2 is 1.95 bits per heavy atom. The second-order valence-corrected chi connectivity index (χ2v) is 6.42. The first-order valence-electron chi connectivity index (χ1n) is 7.50. The summed E-state index contributed by atoms with van der Waals surface area (Å²) in [5.41, 5.74) is 0.524. The Morgan fingerprint density at radius 3 is 2.57 bits per heavy atom. The minimum Gasteiger partial charge on any atom is -0.323 e. The second kappa shape index (κ2) is 5.15. The molecule has 2 N–H and O–H groups in total. The minimum absolute atomic E-state index is 0.0672. The molecule has 2 aliphatic rings. The van der Waals surface area contributed by atoms with Gasteiger partial charge in [0.15, 0.2) is 6.67 Å². The Labute approximate surface area is 124 Å². The van der Waals surface area contributed by atoms with Crippen LogP contribution in [0.2, 0.25) is 0 Å². The number of benzene rings is 1. The van der Waals surface area contributed by atoms with E-state index in [0.29, 0.717) is 12.6 Å². The summed E-state index contributed by atoms with van der Waals surface area (Å²) in [5.74, 6) is 0.246. The fourth-order valence-electron chi connectivity index (χ4n) is 3.07. The number of quaternary nitrogens is 1. The molecule has 2 fully saturated rings. The highest BCUT2D eigenvalue weighted by Gasteiger charge is 2.56. The molecule has 0 aromatic heterocycles. The first-order valence-corrected chi connectivity index (χ1v) is 7.50. The molecule has 3 rings (SSSR count). The quantitative estimate of drug-likeness (QED) is 0.770. The summed E-state index contributed by atoms with van der Waals surface area (Å²) in [6.07, 6.45) is 2.06. The summed E-state index contributed by atoms with van der Waals surface area (Å²) in [6, 6.07) is 9.85. The highest BCUT2D eigenvalue weighted by molar-refractivity contribution is 6.07. The van der Waals surface area contributed by atoms with Crippen LogP contribution in [0.3, 0.4) is 0 Å². The molecule has 1 saturated carbocycles. The van der Waals surface area contributed by atoms with E-state index in [1.165, 1.54) is 10.5 Å². The van der Waals surface area contributed by atoms with E-state index in [9.17, 15) is 9.59 Å². The molecule has 1 saturated heterocycles. The molecule has 0 bridgehead atoms. The van der Waals surface area contributed by atoms with E-state index < -0.39 is 5.54 Å². The molecule has 1 heterocycles. The van der Waals surface area contributed by atoms with Crippen molar-refractivity contribution < 1.29 is 14.5 Å². The fraction of sp³-hybridized carbons (Fsp3) is 0.500. The number of urea groups is 1. The maximum Gasteiger partial charge on any atom is 0.329 e. The third kappa shape index (κ3) is 2.65. The van der Waals surface area contributed by atoms with Gasteiger partial charge in [-0.15, -0.1) is 0 Å². The third-order valence-electron chi connectivity index (χ3n) is 4.47. The maximum absolute atomic E-state index is 12.5. The number of imide groups is 1. The van der Waals surface area contributed by atoms with Gasteiger partial charge in [0.05, 0.1) is 7.05 Å². The zero-order valence-corrected chi connectivity index (χ0v) is 12.6. The van der Waals surface area contributed by atoms with Crippen LogP contribution in [0.15, 0.2) is 30.3 Å². The standard InChI is InChI=1S/C16H21N3O2/c1-16(13-8-9-13)14(20)19(15(21)17-16)11-18(2)10-12-6-4-3-5-7-12/h3-7,13H,8-11H2,1-2H3,(H,17,21)/p+1/t16-/m0/s1. The molecular formula is C16H22N3O2+. The van der Waals surface area contributed by atoms with Gasteiger partial charge in [0.1, 0.15) is 12.1 Å². The Bertz CT molecular complexity index is 556. The van der Waals surface area contributed by atoms with Gasteiger partial charge in [0.25, 0.3) is 5.91 Å². The zero-order valence-electron chi connectivity index (χ0n) is 12.6. The number of hydrogen-bond donors (Lipinski definition) is 2. The highest BCUT2D eigenvalue weighted by atomic mass is 16.2. The summed E-state index contributed by atoms with van der Waals surface area (Å²) in [7, 11) is 2.00. The molecule has 1 aromatic carbocycles. The predicted octanol–water partition coefficient (Wildman–Crippen LogP) is 0.379. The number of carbonyl (C=O) groups excluding carboxylic acids is 2. The number of hydrogen-bond acceptors (Lipinski definition) is 2. The van der Waals surface area contributed by atoms with Crippen LogP contribution < -0.4 is 10.2 Å². The summed E-state index contributed by atoms with van der Waals surface area (Å²) in [6.45, 7) is 3.05. The van der Waals surface area contributed by atoms with Crippen molar-refractivity contribution in [3.8, 4) is 0 Å². The fourth-order valence-corrected chi connectivity index (χ4v) is 3.07. The molecule has 1 aliphatic carbocycles. The van der Waals surface area contributed by atoms with Crippen LogP contribution >= 0.6 is 0 Å². The Morgan fingerprint density at radius 1 is 1.29 bits per heavy atom. The lowest BCUT2D eigenvalue weighted by atomic mass is 9.96. The van der Waals surface area contributed by atoms with E-state index in [1.54, 1.807) is 0 Å². The average Bonchev–Trinajstić information content (AvgIpc) is 3.26. The molecule has 112 valence electrons. The number of nitrogens with one attached hydrogen (secondary N) is 2. The summed E-state index contributed by atoms with van der Waals surface area (Å²) >= 11 is 0. The summed E-state index contributed by atoms with van der Waals surface area (Å²) in [4.78, 5) is 27.1. The third-order valence-corrected chi connectivity index (χ3v) is 4.47. The topological polar surface area (TPSA) is 53.9 Å². The van der Waals surface area contributed by atoms with E-state index in [4.69, 9.17) is 0 Å². The molecule has 21 heavy (non-hydrogen) atoms. The zero-order chi connectivity index (χ0) is 15.0. The van der Waals surface area contributed by atoms with E-state index in [2.05, 4.69) is 17.4 Å². The summed E-state index contributed by atoms with van der Waals surface area (Å²) in [5, 5.41) is 2.89. The van der Waals surface area contributed by atoms with Gasteiger partial charge in [-0.3, -0.25) is 4.79 Å². The van der Waals surface area contributed by atoms with Crippen LogP contribution in [-0.4, -0.2) is 36.1 Å². The van der Waals surface area contributed by atoms with Crippen LogP contribution in [0.5, 0.6) is 0 Å². The molecule has 5 heteroatoms. The van der Waals surface area contributed by atoms with Crippen LogP contribution in [0.25, 0.3) is 0 Å². The van der Waals surface area contributed by atoms with Gasteiger partial charge in [0, 0.05) is 5.56 Å². The molecule has 0 radical (unpaired) electrons. The molecule has 2 atom stereocenters. The molecule has 1 unspecified atom stereocenters. The average molecular weight is 288 g/mol. The van der Waals surface area contributed by atoms with Gasteiger partial charge in [-0.05, 0) is 25.7 Å². The Balaban J connectivity index is 1.64. The van der Waals surface area contributed by atoms with Crippen molar-refractivity contribution in [3.05, 3.63) is 35.9 Å². The van der Waals surface area contributed by atoms with Gasteiger partial charge in [-0.25, -0.2) is 9.69 Å². The van der Waals surface area contributed by atoms with Crippen LogP contribution in [-0.2, 0) is 11.3 Å². The number of nitrogens with zero attached hydrogens (tertiary/aromatic N) is 1.